The number of aromatic nitrogens is 3. The molecule has 0 bridgehead atoms. The van der Waals surface area contributed by atoms with Crippen LogP contribution < -0.4 is 10.6 Å². The largest absolute Gasteiger partial charge is 0.347 e. The number of H-pyrrole nitrogens is 1. The van der Waals surface area contributed by atoms with Gasteiger partial charge in [0.15, 0.2) is 5.82 Å². The zero-order valence-electron chi connectivity index (χ0n) is 14.1. The monoisotopic (exact) mass is 339 g/mol. The van der Waals surface area contributed by atoms with E-state index in [4.69, 9.17) is 0 Å². The smallest absolute Gasteiger partial charge is 0.243 e. The number of aromatic amines is 1. The minimum atomic E-state index is -0.356. The van der Waals surface area contributed by atoms with Gasteiger partial charge in [0.05, 0.1) is 18.2 Å². The van der Waals surface area contributed by atoms with Crippen molar-refractivity contribution in [1.82, 2.24) is 20.5 Å². The van der Waals surface area contributed by atoms with Crippen LogP contribution in [0.5, 0.6) is 0 Å². The first-order valence-corrected chi connectivity index (χ1v) is 8.28. The maximum atomic E-state index is 12.4. The first-order chi connectivity index (χ1) is 12.1. The van der Waals surface area contributed by atoms with Gasteiger partial charge in [0.1, 0.15) is 0 Å². The summed E-state index contributed by atoms with van der Waals surface area (Å²) < 4.78 is 0. The molecular formula is C18H21N5O2. The highest BCUT2D eigenvalue weighted by atomic mass is 16.2. The van der Waals surface area contributed by atoms with Crippen LogP contribution in [0, 0.1) is 0 Å². The van der Waals surface area contributed by atoms with E-state index in [2.05, 4.69) is 32.4 Å². The summed E-state index contributed by atoms with van der Waals surface area (Å²) in [5, 5.41) is 12.6. The Kier molecular flexibility index (Phi) is 4.92. The molecule has 1 saturated carbocycles. The molecule has 25 heavy (non-hydrogen) atoms. The Morgan fingerprint density at radius 1 is 1.44 bits per heavy atom. The zero-order valence-corrected chi connectivity index (χ0v) is 14.1. The van der Waals surface area contributed by atoms with Gasteiger partial charge in [-0.15, -0.1) is 0 Å². The summed E-state index contributed by atoms with van der Waals surface area (Å²) in [5.41, 5.74) is 2.60. The molecule has 0 radical (unpaired) electrons. The third-order valence-electron chi connectivity index (χ3n) is 4.24. The predicted octanol–water partition coefficient (Wildman–Crippen LogP) is 2.23. The predicted molar refractivity (Wildman–Crippen MR) is 93.9 cm³/mol. The van der Waals surface area contributed by atoms with Gasteiger partial charge < -0.3 is 10.6 Å². The number of carbonyl (C=O) groups is 2. The first kappa shape index (κ1) is 16.9. The second kappa shape index (κ2) is 7.29. The minimum absolute atomic E-state index is 0.136. The summed E-state index contributed by atoms with van der Waals surface area (Å²) in [5.74, 6) is 0.376. The van der Waals surface area contributed by atoms with E-state index in [1.165, 1.54) is 18.9 Å². The fraction of sp³-hybridized carbons (Fsp3) is 0.333. The van der Waals surface area contributed by atoms with Crippen LogP contribution >= 0.6 is 0 Å². The molecule has 7 heteroatoms. The van der Waals surface area contributed by atoms with E-state index in [9.17, 15) is 9.59 Å². The van der Waals surface area contributed by atoms with Crippen LogP contribution in [0.3, 0.4) is 0 Å². The summed E-state index contributed by atoms with van der Waals surface area (Å²) >= 11 is 0. The van der Waals surface area contributed by atoms with Crippen molar-refractivity contribution in [2.75, 3.05) is 5.32 Å². The molecular weight excluding hydrogens is 318 g/mol. The van der Waals surface area contributed by atoms with Crippen molar-refractivity contribution in [1.29, 1.82) is 0 Å². The molecule has 0 aromatic carbocycles. The lowest BCUT2D eigenvalue weighted by molar-refractivity contribution is -0.117. The molecule has 2 aromatic heterocycles. The third kappa shape index (κ3) is 4.32. The van der Waals surface area contributed by atoms with Crippen molar-refractivity contribution in [3.05, 3.63) is 54.0 Å². The van der Waals surface area contributed by atoms with Crippen molar-refractivity contribution < 1.29 is 9.59 Å². The van der Waals surface area contributed by atoms with Gasteiger partial charge in [-0.3, -0.25) is 19.7 Å². The normalized spacial score (nSPS) is 14.6. The van der Waals surface area contributed by atoms with E-state index >= 15 is 0 Å². The number of amides is 2. The van der Waals surface area contributed by atoms with Gasteiger partial charge in [-0.1, -0.05) is 12.6 Å². The lowest BCUT2D eigenvalue weighted by Crippen LogP contribution is -2.21. The lowest BCUT2D eigenvalue weighted by Gasteiger charge is -2.11. The van der Waals surface area contributed by atoms with Crippen LogP contribution in [0.15, 0.2) is 37.1 Å². The summed E-state index contributed by atoms with van der Waals surface area (Å²) in [6, 6.07) is 5.53. The summed E-state index contributed by atoms with van der Waals surface area (Å²) in [6.45, 7) is 5.54. The quantitative estimate of drug-likeness (QED) is 0.674. The van der Waals surface area contributed by atoms with Gasteiger partial charge in [-0.05, 0) is 37.5 Å². The van der Waals surface area contributed by atoms with Gasteiger partial charge in [-0.25, -0.2) is 0 Å². The molecule has 1 aliphatic rings. The van der Waals surface area contributed by atoms with Gasteiger partial charge in [0.2, 0.25) is 11.8 Å². The Morgan fingerprint density at radius 2 is 2.24 bits per heavy atom. The fourth-order valence-corrected chi connectivity index (χ4v) is 2.44. The number of nitrogens with zero attached hydrogens (tertiary/aromatic N) is 2. The highest BCUT2D eigenvalue weighted by molar-refractivity contribution is 5.94. The molecule has 0 aliphatic heterocycles. The summed E-state index contributed by atoms with van der Waals surface area (Å²) in [4.78, 5) is 27.8. The van der Waals surface area contributed by atoms with E-state index in [1.807, 2.05) is 19.1 Å². The van der Waals surface area contributed by atoms with Crippen molar-refractivity contribution in [2.24, 2.45) is 0 Å². The SMILES string of the molecule is C=CC(=O)NCc1ccc([C@@H](C)C(=O)Nc2cc(C3CC3)[nH]n2)cn1. The minimum Gasteiger partial charge on any atom is -0.347 e. The van der Waals surface area contributed by atoms with E-state index in [-0.39, 0.29) is 17.7 Å². The Balaban J connectivity index is 1.57. The molecule has 2 aromatic rings. The Bertz CT molecular complexity index is 777. The van der Waals surface area contributed by atoms with Gasteiger partial charge >= 0.3 is 0 Å². The standard InChI is InChI=1S/C18H21N5O2/c1-3-17(24)20-10-14-7-6-13(9-19-14)11(2)18(25)21-16-8-15(22-23-16)12-4-5-12/h3,6-9,11-12H,1,4-5,10H2,2H3,(H,20,24)(H2,21,22,23,25)/t11-/m1/s1. The van der Waals surface area contributed by atoms with Crippen LogP contribution in [0.4, 0.5) is 5.82 Å². The number of hydrogen-bond acceptors (Lipinski definition) is 4. The highest BCUT2D eigenvalue weighted by Gasteiger charge is 2.26. The van der Waals surface area contributed by atoms with Gasteiger partial charge in [0, 0.05) is 23.9 Å². The molecule has 0 unspecified atom stereocenters. The Hall–Kier alpha value is -2.96. The molecule has 1 aliphatic carbocycles. The average molecular weight is 339 g/mol. The zero-order chi connectivity index (χ0) is 17.8. The van der Waals surface area contributed by atoms with Crippen LogP contribution in [-0.4, -0.2) is 27.0 Å². The molecule has 1 atom stereocenters. The first-order valence-electron chi connectivity index (χ1n) is 8.28. The van der Waals surface area contributed by atoms with Crippen LogP contribution in [0.1, 0.15) is 48.6 Å². The summed E-state index contributed by atoms with van der Waals surface area (Å²) in [7, 11) is 0. The molecule has 130 valence electrons. The van der Waals surface area contributed by atoms with Crippen molar-refractivity contribution in [2.45, 2.75) is 38.1 Å². The fourth-order valence-electron chi connectivity index (χ4n) is 2.44. The van der Waals surface area contributed by atoms with Gasteiger partial charge in [0.25, 0.3) is 0 Å². The molecule has 3 N–H and O–H groups in total. The molecule has 7 nitrogen and oxygen atoms in total. The second-order valence-electron chi connectivity index (χ2n) is 6.20. The van der Waals surface area contributed by atoms with E-state index in [0.717, 1.165) is 11.3 Å². The maximum absolute atomic E-state index is 12.4. The van der Waals surface area contributed by atoms with E-state index < -0.39 is 0 Å². The number of carbonyl (C=O) groups excluding carboxylic acids is 2. The van der Waals surface area contributed by atoms with E-state index in [1.54, 1.807) is 12.3 Å². The van der Waals surface area contributed by atoms with E-state index in [0.29, 0.717) is 24.0 Å². The lowest BCUT2D eigenvalue weighted by atomic mass is 10.0. The number of pyridine rings is 1. The van der Waals surface area contributed by atoms with Crippen LogP contribution in [-0.2, 0) is 16.1 Å². The van der Waals surface area contributed by atoms with Crippen molar-refractivity contribution in [3.8, 4) is 0 Å². The summed E-state index contributed by atoms with van der Waals surface area (Å²) in [6.07, 6.45) is 5.22. The Morgan fingerprint density at radius 3 is 2.88 bits per heavy atom. The highest BCUT2D eigenvalue weighted by Crippen LogP contribution is 2.39. The molecule has 1 fully saturated rings. The van der Waals surface area contributed by atoms with Crippen molar-refractivity contribution in [3.63, 3.8) is 0 Å². The Labute approximate surface area is 145 Å². The molecule has 3 rings (SSSR count). The average Bonchev–Trinajstić information content (AvgIpc) is 3.39. The van der Waals surface area contributed by atoms with Gasteiger partial charge in [-0.2, -0.15) is 5.10 Å². The third-order valence-corrected chi connectivity index (χ3v) is 4.24. The second-order valence-corrected chi connectivity index (χ2v) is 6.20. The molecule has 0 saturated heterocycles. The topological polar surface area (TPSA) is 99.8 Å². The number of rotatable bonds is 7. The number of nitrogens with one attached hydrogen (secondary N) is 3. The molecule has 2 amide bonds. The molecule has 0 spiro atoms. The van der Waals surface area contributed by atoms with Crippen molar-refractivity contribution >= 4 is 17.6 Å². The number of anilines is 1. The number of hydrogen-bond donors (Lipinski definition) is 3. The van der Waals surface area contributed by atoms with Crippen LogP contribution in [0.25, 0.3) is 0 Å². The molecule has 2 heterocycles. The van der Waals surface area contributed by atoms with Crippen LogP contribution in [0.2, 0.25) is 0 Å². The maximum Gasteiger partial charge on any atom is 0.243 e.